The van der Waals surface area contributed by atoms with Gasteiger partial charge < -0.3 is 0 Å². The molecule has 0 atom stereocenters. The second-order valence-electron chi connectivity index (χ2n) is 4.42. The van der Waals surface area contributed by atoms with Crippen molar-refractivity contribution in [2.45, 2.75) is 19.8 Å². The van der Waals surface area contributed by atoms with E-state index in [0.29, 0.717) is 0 Å². The zero-order valence-electron chi connectivity index (χ0n) is 11.2. The first-order valence-corrected chi connectivity index (χ1v) is 6.53. The molecule has 0 unspecified atom stereocenters. The molecule has 0 saturated heterocycles. The Kier molecular flexibility index (Phi) is 4.59. The van der Waals surface area contributed by atoms with Crippen molar-refractivity contribution >= 4 is 0 Å². The van der Waals surface area contributed by atoms with Gasteiger partial charge in [0.05, 0.1) is 0 Å². The molecule has 2 rings (SSSR count). The summed E-state index contributed by atoms with van der Waals surface area (Å²) in [5, 5.41) is 0. The zero-order valence-corrected chi connectivity index (χ0v) is 11.2. The summed E-state index contributed by atoms with van der Waals surface area (Å²) in [4.78, 5) is 0. The molecular formula is C19H17. The van der Waals surface area contributed by atoms with Gasteiger partial charge in [0.2, 0.25) is 0 Å². The highest BCUT2D eigenvalue weighted by Gasteiger charge is 1.92. The van der Waals surface area contributed by atoms with Gasteiger partial charge in [-0.15, -0.1) is 6.58 Å². The Bertz CT molecular complexity index is 606. The van der Waals surface area contributed by atoms with Crippen molar-refractivity contribution < 1.29 is 0 Å². The molecule has 0 aromatic heterocycles. The predicted molar refractivity (Wildman–Crippen MR) is 81.0 cm³/mol. The minimum Gasteiger partial charge on any atom is -0.103 e. The summed E-state index contributed by atoms with van der Waals surface area (Å²) in [7, 11) is 0. The van der Waals surface area contributed by atoms with Crippen LogP contribution in [-0.4, -0.2) is 0 Å². The van der Waals surface area contributed by atoms with Crippen LogP contribution in [0.25, 0.3) is 0 Å². The molecule has 0 bridgehead atoms. The number of benzene rings is 2. The molecular weight excluding hydrogens is 228 g/mol. The molecule has 2 aromatic carbocycles. The van der Waals surface area contributed by atoms with Gasteiger partial charge in [-0.1, -0.05) is 43.0 Å². The van der Waals surface area contributed by atoms with Crippen LogP contribution in [0, 0.1) is 17.9 Å². The van der Waals surface area contributed by atoms with Gasteiger partial charge in [-0.3, -0.25) is 0 Å². The quantitative estimate of drug-likeness (QED) is 0.562. The molecule has 2 aromatic rings. The largest absolute Gasteiger partial charge is 0.103 e. The lowest BCUT2D eigenvalue weighted by molar-refractivity contribution is 1.14. The maximum Gasteiger partial charge on any atom is 0.0257 e. The third-order valence-corrected chi connectivity index (χ3v) is 2.94. The van der Waals surface area contributed by atoms with Gasteiger partial charge in [0.25, 0.3) is 0 Å². The van der Waals surface area contributed by atoms with Crippen LogP contribution in [0.3, 0.4) is 0 Å². The highest BCUT2D eigenvalue weighted by molar-refractivity contribution is 5.44. The molecule has 0 spiro atoms. The monoisotopic (exact) mass is 245 g/mol. The van der Waals surface area contributed by atoms with Crippen molar-refractivity contribution in [3.8, 4) is 11.8 Å². The van der Waals surface area contributed by atoms with Gasteiger partial charge in [0.1, 0.15) is 0 Å². The van der Waals surface area contributed by atoms with Gasteiger partial charge in [-0.2, -0.15) is 0 Å². The Hall–Kier alpha value is -2.26. The van der Waals surface area contributed by atoms with Crippen molar-refractivity contribution in [2.75, 3.05) is 0 Å². The molecule has 19 heavy (non-hydrogen) atoms. The lowest BCUT2D eigenvalue weighted by Crippen LogP contribution is -1.83. The second-order valence-corrected chi connectivity index (χ2v) is 4.42. The van der Waals surface area contributed by atoms with Crippen LogP contribution in [0.5, 0.6) is 0 Å². The van der Waals surface area contributed by atoms with Crippen molar-refractivity contribution in [1.82, 2.24) is 0 Å². The number of aryl methyl sites for hydroxylation is 1. The number of hydrogen-bond donors (Lipinski definition) is 0. The first kappa shape index (κ1) is 13.2. The fourth-order valence-electron chi connectivity index (χ4n) is 1.83. The Morgan fingerprint density at radius 3 is 2.47 bits per heavy atom. The first-order valence-electron chi connectivity index (χ1n) is 6.53. The fraction of sp³-hybridized carbons (Fsp3) is 0.158. The summed E-state index contributed by atoms with van der Waals surface area (Å²) in [6.07, 6.45) is 3.83. The molecule has 0 saturated carbocycles. The number of rotatable bonds is 3. The van der Waals surface area contributed by atoms with E-state index in [2.05, 4.69) is 61.7 Å². The van der Waals surface area contributed by atoms with Crippen molar-refractivity contribution in [3.05, 3.63) is 83.4 Å². The van der Waals surface area contributed by atoms with Crippen LogP contribution in [0.1, 0.15) is 29.2 Å². The minimum atomic E-state index is 0.904. The van der Waals surface area contributed by atoms with E-state index in [4.69, 9.17) is 0 Å². The Labute approximate surface area is 115 Å². The zero-order chi connectivity index (χ0) is 13.5. The first-order chi connectivity index (χ1) is 9.31. The summed E-state index contributed by atoms with van der Waals surface area (Å²) in [5.74, 6) is 6.37. The SMILES string of the molecule is C=CCc1ccc(C#Cc2c[c]cc(CC)c2)cc1. The molecule has 0 aliphatic heterocycles. The van der Waals surface area contributed by atoms with E-state index in [-0.39, 0.29) is 0 Å². The topological polar surface area (TPSA) is 0 Å². The molecule has 93 valence electrons. The maximum atomic E-state index is 3.74. The summed E-state index contributed by atoms with van der Waals surface area (Å²) < 4.78 is 0. The minimum absolute atomic E-state index is 0.904. The third kappa shape index (κ3) is 3.86. The highest BCUT2D eigenvalue weighted by atomic mass is 14.0. The molecule has 0 nitrogen and oxygen atoms in total. The summed E-state index contributed by atoms with van der Waals surface area (Å²) in [5.41, 5.74) is 4.60. The molecule has 0 N–H and O–H groups in total. The Morgan fingerprint density at radius 2 is 1.79 bits per heavy atom. The average Bonchev–Trinajstić information content (AvgIpc) is 2.47. The van der Waals surface area contributed by atoms with Gasteiger partial charge in [0, 0.05) is 11.1 Å². The molecule has 0 fully saturated rings. The second kappa shape index (κ2) is 6.61. The molecule has 1 radical (unpaired) electrons. The van der Waals surface area contributed by atoms with E-state index in [1.54, 1.807) is 0 Å². The van der Waals surface area contributed by atoms with E-state index in [0.717, 1.165) is 24.0 Å². The smallest absolute Gasteiger partial charge is 0.0257 e. The van der Waals surface area contributed by atoms with Crippen LogP contribution in [0.2, 0.25) is 0 Å². The van der Waals surface area contributed by atoms with E-state index >= 15 is 0 Å². The fourth-order valence-corrected chi connectivity index (χ4v) is 1.83. The third-order valence-electron chi connectivity index (χ3n) is 2.94. The average molecular weight is 245 g/mol. The van der Waals surface area contributed by atoms with E-state index in [1.807, 2.05) is 18.2 Å². The van der Waals surface area contributed by atoms with Gasteiger partial charge in [-0.05, 0) is 54.3 Å². The van der Waals surface area contributed by atoms with Crippen LogP contribution in [0.15, 0.2) is 55.1 Å². The van der Waals surface area contributed by atoms with Crippen LogP contribution in [0.4, 0.5) is 0 Å². The normalized spacial score (nSPS) is 9.53. The molecule has 0 amide bonds. The predicted octanol–water partition coefficient (Wildman–Crippen LogP) is 4.18. The molecule has 0 heteroatoms. The Balaban J connectivity index is 2.16. The van der Waals surface area contributed by atoms with Crippen LogP contribution in [-0.2, 0) is 12.8 Å². The van der Waals surface area contributed by atoms with Crippen LogP contribution >= 0.6 is 0 Å². The van der Waals surface area contributed by atoms with Crippen molar-refractivity contribution in [1.29, 1.82) is 0 Å². The Morgan fingerprint density at radius 1 is 1.05 bits per heavy atom. The summed E-state index contributed by atoms with van der Waals surface area (Å²) >= 11 is 0. The van der Waals surface area contributed by atoms with E-state index in [1.165, 1.54) is 11.1 Å². The van der Waals surface area contributed by atoms with Gasteiger partial charge in [-0.25, -0.2) is 0 Å². The lowest BCUT2D eigenvalue weighted by Gasteiger charge is -1.97. The van der Waals surface area contributed by atoms with Crippen molar-refractivity contribution in [3.63, 3.8) is 0 Å². The standard InChI is InChI=1S/C19H17/c1-3-6-17-9-11-18(12-10-17)13-14-19-8-5-7-16(4-2)15-19/h3,7-12,15H,1,4,6H2,2H3. The lowest BCUT2D eigenvalue weighted by atomic mass is 10.1. The molecule has 0 heterocycles. The summed E-state index contributed by atoms with van der Waals surface area (Å²) in [6, 6.07) is 17.5. The van der Waals surface area contributed by atoms with Crippen molar-refractivity contribution in [2.24, 2.45) is 0 Å². The maximum absolute atomic E-state index is 3.74. The van der Waals surface area contributed by atoms with Gasteiger partial charge in [0.15, 0.2) is 0 Å². The number of hydrogen-bond acceptors (Lipinski definition) is 0. The van der Waals surface area contributed by atoms with Gasteiger partial charge >= 0.3 is 0 Å². The number of allylic oxidation sites excluding steroid dienone is 1. The van der Waals surface area contributed by atoms with Crippen LogP contribution < -0.4 is 0 Å². The highest BCUT2D eigenvalue weighted by Crippen LogP contribution is 2.06. The van der Waals surface area contributed by atoms with E-state index in [9.17, 15) is 0 Å². The molecule has 0 aliphatic carbocycles. The molecule has 0 aliphatic rings. The summed E-state index contributed by atoms with van der Waals surface area (Å²) in [6.45, 7) is 5.88. The van der Waals surface area contributed by atoms with E-state index < -0.39 is 0 Å².